The molecule has 0 atom stereocenters. The van der Waals surface area contributed by atoms with Crippen LogP contribution in [0.5, 0.6) is 0 Å². The van der Waals surface area contributed by atoms with Gasteiger partial charge in [0.2, 0.25) is 0 Å². The molecule has 0 aliphatic heterocycles. The van der Waals surface area contributed by atoms with Gasteiger partial charge >= 0.3 is 0 Å². The fourth-order valence-electron chi connectivity index (χ4n) is 2.12. The van der Waals surface area contributed by atoms with Gasteiger partial charge < -0.3 is 10.0 Å². The molecular formula is C16H15Cl2N3O. The molecule has 0 aliphatic rings. The monoisotopic (exact) mass is 335 g/mol. The molecule has 0 amide bonds. The first-order chi connectivity index (χ1) is 10.7. The normalized spacial score (nSPS) is 10.3. The number of halogens is 2. The Morgan fingerprint density at radius 2 is 2.05 bits per heavy atom. The summed E-state index contributed by atoms with van der Waals surface area (Å²) in [6.07, 6.45) is 2.24. The minimum Gasteiger partial charge on any atom is -0.396 e. The van der Waals surface area contributed by atoms with Gasteiger partial charge in [0.15, 0.2) is 0 Å². The van der Waals surface area contributed by atoms with Gasteiger partial charge in [0.1, 0.15) is 11.9 Å². The Morgan fingerprint density at radius 3 is 2.73 bits per heavy atom. The predicted molar refractivity (Wildman–Crippen MR) is 88.2 cm³/mol. The summed E-state index contributed by atoms with van der Waals surface area (Å²) in [5.41, 5.74) is 1.46. The minimum absolute atomic E-state index is 0.0760. The SMILES string of the molecule is N#Cc1cccnc1N(CCCO)Cc1ccc(Cl)c(Cl)c1. The number of benzene rings is 1. The fourth-order valence-corrected chi connectivity index (χ4v) is 2.44. The molecule has 1 aromatic heterocycles. The molecule has 0 unspecified atom stereocenters. The van der Waals surface area contributed by atoms with Crippen molar-refractivity contribution in [2.75, 3.05) is 18.1 Å². The Hall–Kier alpha value is -1.80. The lowest BCUT2D eigenvalue weighted by Gasteiger charge is -2.24. The van der Waals surface area contributed by atoms with Crippen LogP contribution in [0.2, 0.25) is 10.0 Å². The highest BCUT2D eigenvalue weighted by Gasteiger charge is 2.13. The molecule has 0 bridgehead atoms. The summed E-state index contributed by atoms with van der Waals surface area (Å²) in [6.45, 7) is 1.19. The number of hydrogen-bond donors (Lipinski definition) is 1. The average molecular weight is 336 g/mol. The molecule has 6 heteroatoms. The maximum atomic E-state index is 9.23. The van der Waals surface area contributed by atoms with Crippen molar-refractivity contribution < 1.29 is 5.11 Å². The van der Waals surface area contributed by atoms with Crippen molar-refractivity contribution in [2.45, 2.75) is 13.0 Å². The van der Waals surface area contributed by atoms with E-state index in [1.54, 1.807) is 30.5 Å². The smallest absolute Gasteiger partial charge is 0.146 e. The van der Waals surface area contributed by atoms with Crippen molar-refractivity contribution >= 4 is 29.0 Å². The Kier molecular flexibility index (Phi) is 6.02. The number of anilines is 1. The fraction of sp³-hybridized carbons (Fsp3) is 0.250. The lowest BCUT2D eigenvalue weighted by atomic mass is 10.2. The summed E-state index contributed by atoms with van der Waals surface area (Å²) >= 11 is 12.0. The third kappa shape index (κ3) is 4.11. The van der Waals surface area contributed by atoms with E-state index in [-0.39, 0.29) is 6.61 Å². The third-order valence-electron chi connectivity index (χ3n) is 3.15. The molecule has 0 aliphatic carbocycles. The molecule has 4 nitrogen and oxygen atoms in total. The Morgan fingerprint density at radius 1 is 1.23 bits per heavy atom. The Balaban J connectivity index is 2.29. The second-order valence-corrected chi connectivity index (χ2v) is 5.55. The van der Waals surface area contributed by atoms with Gasteiger partial charge in [0.25, 0.3) is 0 Å². The Bertz CT molecular complexity index is 685. The zero-order valence-corrected chi connectivity index (χ0v) is 13.3. The number of aliphatic hydroxyl groups excluding tert-OH is 1. The lowest BCUT2D eigenvalue weighted by Crippen LogP contribution is -2.26. The maximum Gasteiger partial charge on any atom is 0.146 e. The van der Waals surface area contributed by atoms with E-state index in [1.165, 1.54) is 0 Å². The van der Waals surface area contributed by atoms with Gasteiger partial charge in [-0.25, -0.2) is 4.98 Å². The van der Waals surface area contributed by atoms with Crippen molar-refractivity contribution in [3.63, 3.8) is 0 Å². The number of aromatic nitrogens is 1. The number of aliphatic hydroxyl groups is 1. The van der Waals surface area contributed by atoms with Crippen molar-refractivity contribution in [3.8, 4) is 6.07 Å². The standard InChI is InChI=1S/C16H15Cl2N3O/c17-14-5-4-12(9-15(14)18)11-21(7-2-8-22)16-13(10-19)3-1-6-20-16/h1,3-6,9,22H,2,7-8,11H2. The van der Waals surface area contributed by atoms with E-state index in [1.807, 2.05) is 11.0 Å². The van der Waals surface area contributed by atoms with Gasteiger partial charge in [0.05, 0.1) is 15.6 Å². The quantitative estimate of drug-likeness (QED) is 0.875. The topological polar surface area (TPSA) is 60.2 Å². The summed E-state index contributed by atoms with van der Waals surface area (Å²) in [4.78, 5) is 6.25. The zero-order chi connectivity index (χ0) is 15.9. The first-order valence-corrected chi connectivity index (χ1v) is 7.56. The molecule has 22 heavy (non-hydrogen) atoms. The highest BCUT2D eigenvalue weighted by Crippen LogP contribution is 2.25. The molecule has 0 spiro atoms. The minimum atomic E-state index is 0.0760. The van der Waals surface area contributed by atoms with Crippen LogP contribution in [0.1, 0.15) is 17.5 Å². The molecule has 0 saturated carbocycles. The molecule has 2 aromatic rings. The van der Waals surface area contributed by atoms with Gasteiger partial charge in [-0.05, 0) is 36.2 Å². The molecular weight excluding hydrogens is 321 g/mol. The van der Waals surface area contributed by atoms with Crippen molar-refractivity contribution in [3.05, 3.63) is 57.7 Å². The Labute approximate surface area is 139 Å². The van der Waals surface area contributed by atoms with E-state index in [4.69, 9.17) is 28.3 Å². The van der Waals surface area contributed by atoms with Crippen molar-refractivity contribution in [1.29, 1.82) is 5.26 Å². The summed E-state index contributed by atoms with van der Waals surface area (Å²) in [5, 5.41) is 19.3. The summed E-state index contributed by atoms with van der Waals surface area (Å²) in [7, 11) is 0. The number of nitriles is 1. The zero-order valence-electron chi connectivity index (χ0n) is 11.8. The van der Waals surface area contributed by atoms with Crippen molar-refractivity contribution in [2.24, 2.45) is 0 Å². The predicted octanol–water partition coefficient (Wildman–Crippen LogP) is 3.65. The third-order valence-corrected chi connectivity index (χ3v) is 3.89. The highest BCUT2D eigenvalue weighted by molar-refractivity contribution is 6.42. The maximum absolute atomic E-state index is 9.23. The average Bonchev–Trinajstić information content (AvgIpc) is 2.54. The molecule has 0 saturated heterocycles. The van der Waals surface area contributed by atoms with Crippen LogP contribution < -0.4 is 4.90 Å². The van der Waals surface area contributed by atoms with E-state index in [9.17, 15) is 5.26 Å². The van der Waals surface area contributed by atoms with Crippen molar-refractivity contribution in [1.82, 2.24) is 4.98 Å². The van der Waals surface area contributed by atoms with Gasteiger partial charge in [-0.15, -0.1) is 0 Å². The first kappa shape index (κ1) is 16.6. The van der Waals surface area contributed by atoms with E-state index < -0.39 is 0 Å². The summed E-state index contributed by atoms with van der Waals surface area (Å²) in [6, 6.07) is 11.0. The van der Waals surface area contributed by atoms with E-state index in [0.29, 0.717) is 40.9 Å². The summed E-state index contributed by atoms with van der Waals surface area (Å²) < 4.78 is 0. The van der Waals surface area contributed by atoms with Crippen LogP contribution >= 0.6 is 23.2 Å². The van der Waals surface area contributed by atoms with Gasteiger partial charge in [-0.3, -0.25) is 0 Å². The van der Waals surface area contributed by atoms with Gasteiger partial charge in [-0.2, -0.15) is 5.26 Å². The number of rotatable bonds is 6. The molecule has 1 heterocycles. The largest absolute Gasteiger partial charge is 0.396 e. The number of pyridine rings is 1. The molecule has 114 valence electrons. The lowest BCUT2D eigenvalue weighted by molar-refractivity contribution is 0.289. The van der Waals surface area contributed by atoms with Crippen LogP contribution in [-0.2, 0) is 6.54 Å². The van der Waals surface area contributed by atoms with Crippen LogP contribution in [0.4, 0.5) is 5.82 Å². The van der Waals surface area contributed by atoms with Crippen LogP contribution in [0, 0.1) is 11.3 Å². The van der Waals surface area contributed by atoms with Gasteiger partial charge in [-0.1, -0.05) is 29.3 Å². The van der Waals surface area contributed by atoms with E-state index >= 15 is 0 Å². The molecule has 0 radical (unpaired) electrons. The molecule has 0 fully saturated rings. The van der Waals surface area contributed by atoms with Gasteiger partial charge in [0, 0.05) is 25.9 Å². The highest BCUT2D eigenvalue weighted by atomic mass is 35.5. The van der Waals surface area contributed by atoms with Crippen LogP contribution in [0.25, 0.3) is 0 Å². The first-order valence-electron chi connectivity index (χ1n) is 6.80. The van der Waals surface area contributed by atoms with Crippen LogP contribution in [0.15, 0.2) is 36.5 Å². The van der Waals surface area contributed by atoms with Crippen LogP contribution in [-0.4, -0.2) is 23.2 Å². The summed E-state index contributed by atoms with van der Waals surface area (Å²) in [5.74, 6) is 0.601. The van der Waals surface area contributed by atoms with E-state index in [2.05, 4.69) is 11.1 Å². The number of nitrogens with zero attached hydrogens (tertiary/aromatic N) is 3. The second-order valence-electron chi connectivity index (χ2n) is 4.73. The molecule has 1 aromatic carbocycles. The second kappa shape index (κ2) is 8.00. The number of hydrogen-bond acceptors (Lipinski definition) is 4. The van der Waals surface area contributed by atoms with Crippen LogP contribution in [0.3, 0.4) is 0 Å². The van der Waals surface area contributed by atoms with E-state index in [0.717, 1.165) is 5.56 Å². The molecule has 1 N–H and O–H groups in total. The molecule has 2 rings (SSSR count).